The minimum atomic E-state index is -0.376. The van der Waals surface area contributed by atoms with Gasteiger partial charge in [-0.1, -0.05) is 12.1 Å². The summed E-state index contributed by atoms with van der Waals surface area (Å²) in [6.45, 7) is 1.51. The molecule has 0 amide bonds. The molecule has 0 fully saturated rings. The summed E-state index contributed by atoms with van der Waals surface area (Å²) < 4.78 is 13.2. The first-order valence-corrected chi connectivity index (χ1v) is 7.00. The minimum absolute atomic E-state index is 0.376. The van der Waals surface area contributed by atoms with Crippen molar-refractivity contribution in [1.29, 1.82) is 5.26 Å². The second kappa shape index (κ2) is 5.45. The molecule has 0 aliphatic carbocycles. The van der Waals surface area contributed by atoms with E-state index >= 15 is 0 Å². The van der Waals surface area contributed by atoms with Crippen LogP contribution < -0.4 is 10.6 Å². The van der Waals surface area contributed by atoms with Crippen LogP contribution >= 0.6 is 0 Å². The number of nitrogen functional groups attached to an aromatic ring is 1. The first-order valence-electron chi connectivity index (χ1n) is 7.00. The molecule has 1 heterocycles. The molecule has 106 valence electrons. The second-order valence-electron chi connectivity index (χ2n) is 5.28. The number of hydrogen-bond acceptors (Lipinski definition) is 3. The Bertz CT molecular complexity index is 718. The SMILES string of the molecule is N#Cc1cc(F)ccc1CN1CCCc2c(N)cccc21. The summed E-state index contributed by atoms with van der Waals surface area (Å²) in [5.41, 5.74) is 10.4. The highest BCUT2D eigenvalue weighted by molar-refractivity contribution is 5.66. The Labute approximate surface area is 123 Å². The average Bonchev–Trinajstić information content (AvgIpc) is 2.50. The van der Waals surface area contributed by atoms with Crippen molar-refractivity contribution in [2.24, 2.45) is 0 Å². The van der Waals surface area contributed by atoms with Gasteiger partial charge in [0.15, 0.2) is 0 Å². The highest BCUT2D eigenvalue weighted by atomic mass is 19.1. The molecule has 4 heteroatoms. The number of halogens is 1. The predicted molar refractivity (Wildman–Crippen MR) is 81.3 cm³/mol. The third-order valence-electron chi connectivity index (χ3n) is 3.94. The van der Waals surface area contributed by atoms with Crippen LogP contribution in [0.3, 0.4) is 0 Å². The van der Waals surface area contributed by atoms with Crippen molar-refractivity contribution in [1.82, 2.24) is 0 Å². The van der Waals surface area contributed by atoms with Gasteiger partial charge in [-0.25, -0.2) is 4.39 Å². The van der Waals surface area contributed by atoms with Crippen molar-refractivity contribution in [3.63, 3.8) is 0 Å². The van der Waals surface area contributed by atoms with E-state index in [2.05, 4.69) is 17.0 Å². The first kappa shape index (κ1) is 13.4. The smallest absolute Gasteiger partial charge is 0.124 e. The molecule has 3 rings (SSSR count). The van der Waals surface area contributed by atoms with Gasteiger partial charge in [0.25, 0.3) is 0 Å². The lowest BCUT2D eigenvalue weighted by atomic mass is 9.98. The van der Waals surface area contributed by atoms with E-state index in [0.29, 0.717) is 12.1 Å². The lowest BCUT2D eigenvalue weighted by molar-refractivity contribution is 0.625. The average molecular weight is 281 g/mol. The van der Waals surface area contributed by atoms with Crippen molar-refractivity contribution in [3.05, 3.63) is 58.9 Å². The Morgan fingerprint density at radius 2 is 2.14 bits per heavy atom. The quantitative estimate of drug-likeness (QED) is 0.860. The van der Waals surface area contributed by atoms with Crippen LogP contribution in [0.5, 0.6) is 0 Å². The molecule has 0 saturated carbocycles. The third-order valence-corrected chi connectivity index (χ3v) is 3.94. The maximum absolute atomic E-state index is 13.2. The van der Waals surface area contributed by atoms with E-state index in [1.54, 1.807) is 6.07 Å². The standard InChI is InChI=1S/C17H16FN3/c18-14-7-6-12(13(9-14)10-19)11-21-8-2-3-15-16(20)4-1-5-17(15)21/h1,4-7,9H,2-3,8,11,20H2. The van der Waals surface area contributed by atoms with Crippen LogP contribution in [0.25, 0.3) is 0 Å². The van der Waals surface area contributed by atoms with Crippen molar-refractivity contribution >= 4 is 11.4 Å². The fraction of sp³-hybridized carbons (Fsp3) is 0.235. The summed E-state index contributed by atoms with van der Waals surface area (Å²) in [5, 5.41) is 9.16. The fourth-order valence-corrected chi connectivity index (χ4v) is 2.89. The molecular formula is C17H16FN3. The van der Waals surface area contributed by atoms with Gasteiger partial charge in [-0.2, -0.15) is 5.26 Å². The van der Waals surface area contributed by atoms with Gasteiger partial charge in [0.2, 0.25) is 0 Å². The number of nitriles is 1. The maximum atomic E-state index is 13.2. The Balaban J connectivity index is 1.95. The minimum Gasteiger partial charge on any atom is -0.398 e. The van der Waals surface area contributed by atoms with Gasteiger partial charge in [0, 0.05) is 24.5 Å². The fourth-order valence-electron chi connectivity index (χ4n) is 2.89. The molecule has 1 aliphatic heterocycles. The first-order chi connectivity index (χ1) is 10.2. The molecule has 0 saturated heterocycles. The zero-order valence-corrected chi connectivity index (χ0v) is 11.6. The van der Waals surface area contributed by atoms with Crippen molar-refractivity contribution in [2.75, 3.05) is 17.2 Å². The molecular weight excluding hydrogens is 265 g/mol. The molecule has 0 aromatic heterocycles. The van der Waals surface area contributed by atoms with Crippen LogP contribution in [0.15, 0.2) is 36.4 Å². The zero-order valence-electron chi connectivity index (χ0n) is 11.6. The molecule has 0 atom stereocenters. The summed E-state index contributed by atoms with van der Waals surface area (Å²) in [4.78, 5) is 2.21. The van der Waals surface area contributed by atoms with E-state index in [1.807, 2.05) is 12.1 Å². The van der Waals surface area contributed by atoms with E-state index in [-0.39, 0.29) is 5.82 Å². The Morgan fingerprint density at radius 1 is 1.29 bits per heavy atom. The summed E-state index contributed by atoms with van der Waals surface area (Å²) in [6, 6.07) is 12.4. The molecule has 0 unspecified atom stereocenters. The molecule has 2 N–H and O–H groups in total. The number of anilines is 2. The summed E-state index contributed by atoms with van der Waals surface area (Å²) in [6.07, 6.45) is 2.01. The third kappa shape index (κ3) is 2.55. The van der Waals surface area contributed by atoms with E-state index in [4.69, 9.17) is 11.0 Å². The van der Waals surface area contributed by atoms with Gasteiger partial charge >= 0.3 is 0 Å². The number of rotatable bonds is 2. The van der Waals surface area contributed by atoms with Gasteiger partial charge in [0.05, 0.1) is 11.6 Å². The van der Waals surface area contributed by atoms with Crippen LogP contribution in [-0.2, 0) is 13.0 Å². The van der Waals surface area contributed by atoms with E-state index in [9.17, 15) is 4.39 Å². The molecule has 2 aromatic rings. The van der Waals surface area contributed by atoms with Gasteiger partial charge in [-0.05, 0) is 48.2 Å². The molecule has 0 radical (unpaired) electrons. The van der Waals surface area contributed by atoms with Crippen LogP contribution in [0.4, 0.5) is 15.8 Å². The van der Waals surface area contributed by atoms with Gasteiger partial charge in [0.1, 0.15) is 5.82 Å². The number of nitrogens with two attached hydrogens (primary N) is 1. The van der Waals surface area contributed by atoms with E-state index in [0.717, 1.165) is 36.3 Å². The highest BCUT2D eigenvalue weighted by Gasteiger charge is 2.19. The Morgan fingerprint density at radius 3 is 2.95 bits per heavy atom. The van der Waals surface area contributed by atoms with Crippen LogP contribution in [-0.4, -0.2) is 6.54 Å². The molecule has 21 heavy (non-hydrogen) atoms. The molecule has 2 aromatic carbocycles. The van der Waals surface area contributed by atoms with E-state index < -0.39 is 0 Å². The number of benzene rings is 2. The summed E-state index contributed by atoms with van der Waals surface area (Å²) in [5.74, 6) is -0.376. The van der Waals surface area contributed by atoms with Crippen LogP contribution in [0.2, 0.25) is 0 Å². The van der Waals surface area contributed by atoms with Crippen LogP contribution in [0.1, 0.15) is 23.1 Å². The van der Waals surface area contributed by atoms with Crippen molar-refractivity contribution in [2.45, 2.75) is 19.4 Å². The molecule has 3 nitrogen and oxygen atoms in total. The molecule has 0 bridgehead atoms. The molecule has 0 spiro atoms. The lowest BCUT2D eigenvalue weighted by Gasteiger charge is -2.32. The monoisotopic (exact) mass is 281 g/mol. The lowest BCUT2D eigenvalue weighted by Crippen LogP contribution is -2.29. The highest BCUT2D eigenvalue weighted by Crippen LogP contribution is 2.32. The van der Waals surface area contributed by atoms with Gasteiger partial charge in [-0.3, -0.25) is 0 Å². The Kier molecular flexibility index (Phi) is 3.49. The largest absolute Gasteiger partial charge is 0.398 e. The van der Waals surface area contributed by atoms with Crippen molar-refractivity contribution < 1.29 is 4.39 Å². The Hall–Kier alpha value is -2.54. The van der Waals surface area contributed by atoms with Gasteiger partial charge in [-0.15, -0.1) is 0 Å². The number of nitrogens with zero attached hydrogens (tertiary/aromatic N) is 2. The van der Waals surface area contributed by atoms with Crippen molar-refractivity contribution in [3.8, 4) is 6.07 Å². The normalized spacial score (nSPS) is 13.6. The maximum Gasteiger partial charge on any atom is 0.124 e. The number of fused-ring (bicyclic) bond motifs is 1. The zero-order chi connectivity index (χ0) is 14.8. The second-order valence-corrected chi connectivity index (χ2v) is 5.28. The number of hydrogen-bond donors (Lipinski definition) is 1. The predicted octanol–water partition coefficient (Wildman–Crippen LogP) is 3.23. The summed E-state index contributed by atoms with van der Waals surface area (Å²) >= 11 is 0. The van der Waals surface area contributed by atoms with E-state index in [1.165, 1.54) is 17.7 Å². The topological polar surface area (TPSA) is 53.0 Å². The summed E-state index contributed by atoms with van der Waals surface area (Å²) in [7, 11) is 0. The van der Waals surface area contributed by atoms with Gasteiger partial charge < -0.3 is 10.6 Å². The van der Waals surface area contributed by atoms with Crippen LogP contribution in [0, 0.1) is 17.1 Å². The molecule has 1 aliphatic rings.